The van der Waals surface area contributed by atoms with Crippen molar-refractivity contribution in [3.63, 3.8) is 0 Å². The van der Waals surface area contributed by atoms with E-state index in [1.807, 2.05) is 6.92 Å². The zero-order valence-electron chi connectivity index (χ0n) is 8.65. The fourth-order valence-corrected chi connectivity index (χ4v) is 1.31. The fraction of sp³-hybridized carbons (Fsp3) is 1.00. The molecule has 0 fully saturated rings. The van der Waals surface area contributed by atoms with E-state index in [2.05, 4.69) is 0 Å². The van der Waals surface area contributed by atoms with E-state index in [1.54, 1.807) is 0 Å². The Kier molecular flexibility index (Phi) is 12.8. The Hall–Kier alpha value is -0.100. The van der Waals surface area contributed by atoms with Gasteiger partial charge in [0.2, 0.25) is 0 Å². The molecule has 2 unspecified atom stereocenters. The fourth-order valence-electron chi connectivity index (χ4n) is 0.641. The largest absolute Gasteiger partial charge is 0.699 e. The maximum Gasteiger partial charge on any atom is 0.699 e. The molecule has 0 rings (SSSR count). The minimum Gasteiger partial charge on any atom is -0.344 e. The lowest BCUT2D eigenvalue weighted by atomic mass is 10.4. The van der Waals surface area contributed by atoms with Gasteiger partial charge < -0.3 is 17.6 Å². The van der Waals surface area contributed by atoms with Crippen molar-refractivity contribution in [1.82, 2.24) is 6.15 Å². The lowest BCUT2D eigenvalue weighted by molar-refractivity contribution is 0.161. The quantitative estimate of drug-likeness (QED) is 0.325. The number of hydrogen-bond acceptors (Lipinski definition) is 6. The van der Waals surface area contributed by atoms with Crippen molar-refractivity contribution >= 4 is 8.25 Å². The van der Waals surface area contributed by atoms with Crippen LogP contribution in [-0.4, -0.2) is 19.4 Å². The van der Waals surface area contributed by atoms with Crippen molar-refractivity contribution in [2.75, 3.05) is 13.2 Å². The average Bonchev–Trinajstić information content (AvgIpc) is 2.05. The molecule has 0 spiro atoms. The summed E-state index contributed by atoms with van der Waals surface area (Å²) in [7, 11) is -2.07. The summed E-state index contributed by atoms with van der Waals surface area (Å²) in [5.41, 5.74) is 10.7. The Balaban J connectivity index is 0. The van der Waals surface area contributed by atoms with E-state index in [4.69, 9.17) is 20.5 Å². The first-order valence-electron chi connectivity index (χ1n) is 4.43. The zero-order chi connectivity index (χ0) is 10.1. The van der Waals surface area contributed by atoms with Gasteiger partial charge in [0, 0.05) is 11.0 Å². The molecule has 0 aliphatic heterocycles. The predicted molar refractivity (Wildman–Crippen MR) is 56.2 cm³/mol. The molecular weight excluding hydrogens is 205 g/mol. The second-order valence-corrected chi connectivity index (χ2v) is 3.55. The van der Waals surface area contributed by atoms with Gasteiger partial charge in [0.15, 0.2) is 6.23 Å². The normalized spacial score (nSPS) is 13.2. The van der Waals surface area contributed by atoms with Gasteiger partial charge in [-0.15, -0.1) is 9.05 Å². The molecule has 7 N–H and O–H groups in total. The summed E-state index contributed by atoms with van der Waals surface area (Å²) >= 11 is 0. The summed E-state index contributed by atoms with van der Waals surface area (Å²) in [6.07, 6.45) is 1.77. The highest BCUT2D eigenvalue weighted by Gasteiger charge is 2.23. The Labute approximate surface area is 85.8 Å². The molecule has 14 heavy (non-hydrogen) atoms. The van der Waals surface area contributed by atoms with Crippen LogP contribution in [0, 0.1) is 0 Å². The minimum absolute atomic E-state index is 0. The van der Waals surface area contributed by atoms with Crippen LogP contribution in [0.5, 0.6) is 0 Å². The third-order valence-electron chi connectivity index (χ3n) is 1.37. The molecule has 0 heterocycles. The van der Waals surface area contributed by atoms with Crippen molar-refractivity contribution in [3.05, 3.63) is 0 Å². The van der Waals surface area contributed by atoms with Crippen LogP contribution in [0.25, 0.3) is 0 Å². The molecule has 0 aliphatic carbocycles. The molecule has 0 saturated heterocycles. The lowest BCUT2D eigenvalue weighted by Crippen LogP contribution is -2.24. The van der Waals surface area contributed by atoms with Gasteiger partial charge in [-0.3, -0.25) is 0 Å². The van der Waals surface area contributed by atoms with Gasteiger partial charge in [0.1, 0.15) is 6.61 Å². The van der Waals surface area contributed by atoms with Gasteiger partial charge in [-0.2, -0.15) is 0 Å². The van der Waals surface area contributed by atoms with Crippen LogP contribution < -0.4 is 17.6 Å². The summed E-state index contributed by atoms with van der Waals surface area (Å²) < 4.78 is 20.7. The number of hydrogen-bond donors (Lipinski definition) is 3. The van der Waals surface area contributed by atoms with Crippen molar-refractivity contribution in [1.29, 1.82) is 0 Å². The van der Waals surface area contributed by atoms with Gasteiger partial charge in [0.05, 0.1) is 0 Å². The molecule has 0 aromatic heterocycles. The smallest absolute Gasteiger partial charge is 0.344 e. The highest BCUT2D eigenvalue weighted by molar-refractivity contribution is 7.33. The number of nitrogens with two attached hydrogens (primary N) is 2. The third-order valence-corrected chi connectivity index (χ3v) is 2.20. The average molecular weight is 226 g/mol. The van der Waals surface area contributed by atoms with E-state index < -0.39 is 14.5 Å². The third kappa shape index (κ3) is 9.98. The first kappa shape index (κ1) is 16.3. The van der Waals surface area contributed by atoms with E-state index in [1.165, 1.54) is 0 Å². The van der Waals surface area contributed by atoms with Gasteiger partial charge in [0.25, 0.3) is 0 Å². The van der Waals surface area contributed by atoms with Crippen molar-refractivity contribution in [2.45, 2.75) is 32.4 Å². The van der Waals surface area contributed by atoms with E-state index in [0.29, 0.717) is 19.6 Å². The van der Waals surface area contributed by atoms with Crippen LogP contribution in [-0.2, 0) is 13.6 Å². The Morgan fingerprint density at radius 1 is 1.50 bits per heavy atom. The first-order valence-corrected chi connectivity index (χ1v) is 5.52. The van der Waals surface area contributed by atoms with Gasteiger partial charge in [-0.1, -0.05) is 13.3 Å². The topological polar surface area (TPSA) is 123 Å². The van der Waals surface area contributed by atoms with Gasteiger partial charge >= 0.3 is 8.25 Å². The van der Waals surface area contributed by atoms with E-state index in [-0.39, 0.29) is 6.15 Å². The first-order chi connectivity index (χ1) is 6.20. The molecule has 0 radical (unpaired) electrons. The summed E-state index contributed by atoms with van der Waals surface area (Å²) in [6, 6.07) is 0. The predicted octanol–water partition coefficient (Wildman–Crippen LogP) is 1.27. The molecule has 0 aromatic carbocycles. The molecule has 0 amide bonds. The SMILES string of the molecule is CCCCO[P+](=O)OC(N)CCN.N. The molecule has 0 aliphatic rings. The number of rotatable bonds is 8. The zero-order valence-corrected chi connectivity index (χ0v) is 9.54. The van der Waals surface area contributed by atoms with Crippen molar-refractivity contribution < 1.29 is 13.6 Å². The van der Waals surface area contributed by atoms with Crippen LogP contribution in [0.2, 0.25) is 0 Å². The summed E-state index contributed by atoms with van der Waals surface area (Å²) in [5, 5.41) is 0. The van der Waals surface area contributed by atoms with E-state index >= 15 is 0 Å². The molecular formula is C7H21N3O3P+. The molecule has 0 saturated carbocycles. The van der Waals surface area contributed by atoms with E-state index in [9.17, 15) is 4.57 Å². The van der Waals surface area contributed by atoms with Crippen LogP contribution >= 0.6 is 8.25 Å². The van der Waals surface area contributed by atoms with Crippen LogP contribution in [0.15, 0.2) is 0 Å². The second-order valence-electron chi connectivity index (χ2n) is 2.63. The Morgan fingerprint density at radius 2 is 2.14 bits per heavy atom. The van der Waals surface area contributed by atoms with Crippen molar-refractivity contribution in [3.8, 4) is 0 Å². The monoisotopic (exact) mass is 226 g/mol. The second kappa shape index (κ2) is 11.0. The molecule has 0 bridgehead atoms. The summed E-state index contributed by atoms with van der Waals surface area (Å²) in [6.45, 7) is 2.89. The maximum absolute atomic E-state index is 11.0. The van der Waals surface area contributed by atoms with Gasteiger partial charge in [-0.25, -0.2) is 0 Å². The Morgan fingerprint density at radius 3 is 2.64 bits per heavy atom. The van der Waals surface area contributed by atoms with Gasteiger partial charge in [-0.05, 0) is 13.0 Å². The summed E-state index contributed by atoms with van der Waals surface area (Å²) in [4.78, 5) is 0. The molecule has 0 aromatic rings. The van der Waals surface area contributed by atoms with Crippen LogP contribution in [0.1, 0.15) is 26.2 Å². The lowest BCUT2D eigenvalue weighted by Gasteiger charge is -2.00. The van der Waals surface area contributed by atoms with Crippen molar-refractivity contribution in [2.24, 2.45) is 11.5 Å². The Bertz CT molecular complexity index is 148. The highest BCUT2D eigenvalue weighted by Crippen LogP contribution is 2.25. The molecule has 6 nitrogen and oxygen atoms in total. The molecule has 2 atom stereocenters. The molecule has 7 heteroatoms. The number of unbranched alkanes of at least 4 members (excludes halogenated alkanes) is 1. The molecule has 86 valence electrons. The standard InChI is InChI=1S/C7H18N2O3P.H3N/c1-2-3-6-11-13(10)12-7(9)4-5-8;/h7H,2-6,8-9H2,1H3;1H3/q+1;. The maximum atomic E-state index is 11.0. The minimum atomic E-state index is -2.07. The van der Waals surface area contributed by atoms with Crippen LogP contribution in [0.3, 0.4) is 0 Å². The summed E-state index contributed by atoms with van der Waals surface area (Å²) in [5.74, 6) is 0. The van der Waals surface area contributed by atoms with Crippen LogP contribution in [0.4, 0.5) is 0 Å². The highest BCUT2D eigenvalue weighted by atomic mass is 31.1. The van der Waals surface area contributed by atoms with E-state index in [0.717, 1.165) is 12.8 Å².